The van der Waals surface area contributed by atoms with Gasteiger partial charge in [-0.2, -0.15) is 0 Å². The second kappa shape index (κ2) is 9.23. The minimum Gasteiger partial charge on any atom is -0.493 e. The van der Waals surface area contributed by atoms with E-state index in [0.717, 1.165) is 22.2 Å². The van der Waals surface area contributed by atoms with Crippen molar-refractivity contribution in [2.24, 2.45) is 7.05 Å². The molecule has 1 aromatic heterocycles. The summed E-state index contributed by atoms with van der Waals surface area (Å²) < 4.78 is 7.57. The molecule has 7 heteroatoms. The zero-order valence-corrected chi connectivity index (χ0v) is 16.2. The number of rotatable bonds is 8. The number of carbonyl (C=O) groups excluding carboxylic acids is 1. The molecule has 1 heterocycles. The summed E-state index contributed by atoms with van der Waals surface area (Å²) in [6, 6.07) is 17.2. The van der Waals surface area contributed by atoms with Gasteiger partial charge in [0.1, 0.15) is 5.75 Å². The molecule has 0 aliphatic carbocycles. The van der Waals surface area contributed by atoms with Gasteiger partial charge < -0.3 is 14.6 Å². The first-order chi connectivity index (χ1) is 13.1. The molecule has 3 aromatic rings. The van der Waals surface area contributed by atoms with E-state index in [1.54, 1.807) is 17.8 Å². The Morgan fingerprint density at radius 1 is 1.15 bits per heavy atom. The number of thioether (sulfide) groups is 1. The van der Waals surface area contributed by atoms with Gasteiger partial charge in [-0.1, -0.05) is 47.7 Å². The summed E-state index contributed by atoms with van der Waals surface area (Å²) in [7, 11) is 1.90. The van der Waals surface area contributed by atoms with Crippen molar-refractivity contribution in [1.29, 1.82) is 0 Å². The van der Waals surface area contributed by atoms with Crippen LogP contribution in [0.1, 0.15) is 21.7 Å². The fourth-order valence-corrected chi connectivity index (χ4v) is 3.23. The Kier molecular flexibility index (Phi) is 6.49. The molecule has 0 atom stereocenters. The van der Waals surface area contributed by atoms with Crippen molar-refractivity contribution < 1.29 is 9.53 Å². The quantitative estimate of drug-likeness (QED) is 0.478. The second-order valence-electron chi connectivity index (χ2n) is 6.02. The van der Waals surface area contributed by atoms with Crippen LogP contribution in [-0.2, 0) is 13.6 Å². The van der Waals surface area contributed by atoms with Gasteiger partial charge in [0.05, 0.1) is 13.2 Å². The molecule has 27 heavy (non-hydrogen) atoms. The third kappa shape index (κ3) is 5.34. The van der Waals surface area contributed by atoms with Crippen LogP contribution in [0.2, 0.25) is 0 Å². The van der Waals surface area contributed by atoms with Crippen molar-refractivity contribution in [3.8, 4) is 5.75 Å². The Hall–Kier alpha value is -2.80. The lowest BCUT2D eigenvalue weighted by molar-refractivity contribution is 0.0949. The van der Waals surface area contributed by atoms with Gasteiger partial charge in [0.15, 0.2) is 11.0 Å². The van der Waals surface area contributed by atoms with Gasteiger partial charge >= 0.3 is 0 Å². The zero-order chi connectivity index (χ0) is 19.1. The number of amides is 1. The minimum absolute atomic E-state index is 0.118. The summed E-state index contributed by atoms with van der Waals surface area (Å²) >= 11 is 1.57. The molecule has 0 saturated carbocycles. The Morgan fingerprint density at radius 3 is 2.74 bits per heavy atom. The molecule has 0 saturated heterocycles. The second-order valence-corrected chi connectivity index (χ2v) is 7.08. The summed E-state index contributed by atoms with van der Waals surface area (Å²) in [5.74, 6) is 2.21. The molecule has 1 N–H and O–H groups in total. The smallest absolute Gasteiger partial charge is 0.251 e. The van der Waals surface area contributed by atoms with Gasteiger partial charge in [0, 0.05) is 18.4 Å². The summed E-state index contributed by atoms with van der Waals surface area (Å²) in [5, 5.41) is 12.1. The van der Waals surface area contributed by atoms with E-state index in [2.05, 4.69) is 15.5 Å². The molecule has 2 aromatic carbocycles. The molecule has 0 spiro atoms. The lowest BCUT2D eigenvalue weighted by atomic mass is 10.1. The maximum absolute atomic E-state index is 12.2. The molecule has 0 bridgehead atoms. The number of nitrogens with one attached hydrogen (secondary N) is 1. The largest absolute Gasteiger partial charge is 0.493 e. The van der Waals surface area contributed by atoms with E-state index >= 15 is 0 Å². The number of para-hydroxylation sites is 1. The van der Waals surface area contributed by atoms with Crippen LogP contribution in [0.3, 0.4) is 0 Å². The van der Waals surface area contributed by atoms with Crippen molar-refractivity contribution in [1.82, 2.24) is 20.1 Å². The third-order valence-electron chi connectivity index (χ3n) is 3.94. The highest BCUT2D eigenvalue weighted by molar-refractivity contribution is 7.99. The number of hydrogen-bond acceptors (Lipinski definition) is 5. The maximum atomic E-state index is 12.2. The van der Waals surface area contributed by atoms with Crippen molar-refractivity contribution >= 4 is 17.7 Å². The first-order valence-corrected chi connectivity index (χ1v) is 9.66. The van der Waals surface area contributed by atoms with Crippen molar-refractivity contribution in [2.45, 2.75) is 18.6 Å². The zero-order valence-electron chi connectivity index (χ0n) is 15.4. The fourth-order valence-electron chi connectivity index (χ4n) is 2.48. The molecule has 0 fully saturated rings. The van der Waals surface area contributed by atoms with Gasteiger partial charge in [0.25, 0.3) is 5.91 Å². The van der Waals surface area contributed by atoms with E-state index in [1.165, 1.54) is 0 Å². The van der Waals surface area contributed by atoms with Crippen LogP contribution in [0, 0.1) is 6.92 Å². The molecule has 1 amide bonds. The predicted molar refractivity (Wildman–Crippen MR) is 106 cm³/mol. The van der Waals surface area contributed by atoms with Crippen LogP contribution in [0.4, 0.5) is 0 Å². The molecule has 0 aliphatic heterocycles. The number of ether oxygens (including phenoxy) is 1. The molecule has 140 valence electrons. The normalized spacial score (nSPS) is 10.6. The number of nitrogens with zero attached hydrogens (tertiary/aromatic N) is 3. The van der Waals surface area contributed by atoms with E-state index in [9.17, 15) is 4.79 Å². The minimum atomic E-state index is -0.118. The molecule has 6 nitrogen and oxygen atoms in total. The van der Waals surface area contributed by atoms with E-state index in [4.69, 9.17) is 4.74 Å². The Labute approximate surface area is 163 Å². The average molecular weight is 382 g/mol. The molecular formula is C20H22N4O2S. The Balaban J connectivity index is 1.47. The number of aromatic nitrogens is 3. The van der Waals surface area contributed by atoms with Gasteiger partial charge in [-0.15, -0.1) is 10.2 Å². The van der Waals surface area contributed by atoms with Crippen LogP contribution in [-0.4, -0.2) is 33.0 Å². The van der Waals surface area contributed by atoms with Gasteiger partial charge in [-0.25, -0.2) is 0 Å². The standard InChI is InChI=1S/C20H22N4O2S/c1-15-7-6-8-16(13-15)19(25)21-14-18-22-23-20(24(18)2)27-12-11-26-17-9-4-3-5-10-17/h3-10,13H,11-12,14H2,1-2H3,(H,21,25). The van der Waals surface area contributed by atoms with Crippen molar-refractivity contribution in [2.75, 3.05) is 12.4 Å². The highest BCUT2D eigenvalue weighted by Crippen LogP contribution is 2.16. The number of aryl methyl sites for hydroxylation is 1. The van der Waals surface area contributed by atoms with Crippen molar-refractivity contribution in [3.63, 3.8) is 0 Å². The fraction of sp³-hybridized carbons (Fsp3) is 0.250. The first-order valence-electron chi connectivity index (χ1n) is 8.67. The number of hydrogen-bond donors (Lipinski definition) is 1. The van der Waals surface area contributed by atoms with E-state index in [0.29, 0.717) is 24.5 Å². The lowest BCUT2D eigenvalue weighted by Crippen LogP contribution is -2.24. The molecule has 0 radical (unpaired) electrons. The highest BCUT2D eigenvalue weighted by Gasteiger charge is 2.11. The lowest BCUT2D eigenvalue weighted by Gasteiger charge is -2.07. The number of benzene rings is 2. The van der Waals surface area contributed by atoms with Crippen LogP contribution in [0.25, 0.3) is 0 Å². The first kappa shape index (κ1) is 19.0. The van der Waals surface area contributed by atoms with Crippen LogP contribution in [0.15, 0.2) is 59.8 Å². The van der Waals surface area contributed by atoms with E-state index < -0.39 is 0 Å². The molecular weight excluding hydrogens is 360 g/mol. The van der Waals surface area contributed by atoms with Crippen molar-refractivity contribution in [3.05, 3.63) is 71.5 Å². The van der Waals surface area contributed by atoms with Crippen LogP contribution >= 0.6 is 11.8 Å². The van der Waals surface area contributed by atoms with Gasteiger partial charge in [0.2, 0.25) is 0 Å². The molecule has 0 unspecified atom stereocenters. The number of carbonyl (C=O) groups is 1. The third-order valence-corrected chi connectivity index (χ3v) is 4.92. The maximum Gasteiger partial charge on any atom is 0.251 e. The van der Waals surface area contributed by atoms with Crippen LogP contribution < -0.4 is 10.1 Å². The molecule has 3 rings (SSSR count). The topological polar surface area (TPSA) is 69.0 Å². The molecule has 0 aliphatic rings. The summed E-state index contributed by atoms with van der Waals surface area (Å²) in [6.07, 6.45) is 0. The van der Waals surface area contributed by atoms with Gasteiger partial charge in [-0.3, -0.25) is 4.79 Å². The predicted octanol–water partition coefficient (Wildman–Crippen LogP) is 3.22. The average Bonchev–Trinajstić information content (AvgIpc) is 3.04. The SMILES string of the molecule is Cc1cccc(C(=O)NCc2nnc(SCCOc3ccccc3)n2C)c1. The summed E-state index contributed by atoms with van der Waals surface area (Å²) in [4.78, 5) is 12.2. The Morgan fingerprint density at radius 2 is 1.96 bits per heavy atom. The monoisotopic (exact) mass is 382 g/mol. The van der Waals surface area contributed by atoms with Crippen LogP contribution in [0.5, 0.6) is 5.75 Å². The van der Waals surface area contributed by atoms with E-state index in [-0.39, 0.29) is 5.91 Å². The Bertz CT molecular complexity index is 896. The van der Waals surface area contributed by atoms with E-state index in [1.807, 2.05) is 67.1 Å². The highest BCUT2D eigenvalue weighted by atomic mass is 32.2. The van der Waals surface area contributed by atoms with Gasteiger partial charge in [-0.05, 0) is 31.2 Å². The summed E-state index contributed by atoms with van der Waals surface area (Å²) in [5.41, 5.74) is 1.70. The summed E-state index contributed by atoms with van der Waals surface area (Å²) in [6.45, 7) is 2.88.